The van der Waals surface area contributed by atoms with Gasteiger partial charge in [0.15, 0.2) is 5.78 Å². The number of rotatable bonds is 2. The molecule has 0 unspecified atom stereocenters. The first-order valence-corrected chi connectivity index (χ1v) is 5.38. The predicted molar refractivity (Wildman–Crippen MR) is 65.9 cm³/mol. The summed E-state index contributed by atoms with van der Waals surface area (Å²) < 4.78 is 0. The van der Waals surface area contributed by atoms with Crippen molar-refractivity contribution in [2.45, 2.75) is 19.4 Å². The molecule has 1 aromatic heterocycles. The first-order chi connectivity index (χ1) is 7.41. The molecule has 0 saturated heterocycles. The first kappa shape index (κ1) is 11.2. The van der Waals surface area contributed by atoms with E-state index in [1.165, 1.54) is 0 Å². The van der Waals surface area contributed by atoms with Crippen LogP contribution in [0, 0.1) is 0 Å². The highest BCUT2D eigenvalue weighted by atomic mass is 35.5. The maximum absolute atomic E-state index is 12.1. The van der Waals surface area contributed by atoms with E-state index in [4.69, 9.17) is 17.3 Å². The minimum absolute atomic E-state index is 0.0891. The molecule has 1 heterocycles. The fourth-order valence-corrected chi connectivity index (χ4v) is 1.89. The van der Waals surface area contributed by atoms with E-state index >= 15 is 0 Å². The van der Waals surface area contributed by atoms with Gasteiger partial charge in [-0.25, -0.2) is 0 Å². The van der Waals surface area contributed by atoms with Gasteiger partial charge in [0.2, 0.25) is 0 Å². The van der Waals surface area contributed by atoms with Gasteiger partial charge >= 0.3 is 0 Å². The van der Waals surface area contributed by atoms with E-state index in [-0.39, 0.29) is 5.78 Å². The molecule has 84 valence electrons. The highest BCUT2D eigenvalue weighted by molar-refractivity contribution is 6.35. The molecule has 4 heteroatoms. The second-order valence-corrected chi connectivity index (χ2v) is 4.82. The Kier molecular flexibility index (Phi) is 2.52. The number of carbonyl (C=O) groups is 1. The van der Waals surface area contributed by atoms with Crippen molar-refractivity contribution in [2.75, 3.05) is 0 Å². The normalized spacial score (nSPS) is 12.0. The average molecular weight is 237 g/mol. The Morgan fingerprint density at radius 1 is 1.38 bits per heavy atom. The molecule has 0 amide bonds. The molecule has 0 fully saturated rings. The van der Waals surface area contributed by atoms with Crippen molar-refractivity contribution < 1.29 is 4.79 Å². The van der Waals surface area contributed by atoms with Crippen molar-refractivity contribution >= 4 is 28.3 Å². The topological polar surface area (TPSA) is 58.9 Å². The molecule has 0 bridgehead atoms. The van der Waals surface area contributed by atoms with E-state index < -0.39 is 5.54 Å². The number of H-pyrrole nitrogens is 1. The number of benzene rings is 1. The number of halogens is 1. The molecule has 0 aliphatic rings. The van der Waals surface area contributed by atoms with Crippen LogP contribution in [0.3, 0.4) is 0 Å². The van der Waals surface area contributed by atoms with Crippen molar-refractivity contribution in [3.8, 4) is 0 Å². The molecule has 16 heavy (non-hydrogen) atoms. The van der Waals surface area contributed by atoms with Crippen LogP contribution in [0.15, 0.2) is 24.4 Å². The predicted octanol–water partition coefficient (Wildman–Crippen LogP) is 2.74. The van der Waals surface area contributed by atoms with E-state index in [1.807, 2.05) is 6.07 Å². The molecule has 0 aliphatic heterocycles. The number of carbonyl (C=O) groups excluding carboxylic acids is 1. The zero-order valence-electron chi connectivity index (χ0n) is 9.17. The van der Waals surface area contributed by atoms with Gasteiger partial charge in [-0.15, -0.1) is 0 Å². The maximum atomic E-state index is 12.1. The van der Waals surface area contributed by atoms with Crippen molar-refractivity contribution in [3.63, 3.8) is 0 Å². The monoisotopic (exact) mass is 236 g/mol. The van der Waals surface area contributed by atoms with E-state index in [9.17, 15) is 4.79 Å². The van der Waals surface area contributed by atoms with E-state index in [0.717, 1.165) is 10.9 Å². The SMILES string of the molecule is CC(C)(N)C(=O)c1ccc(Cl)c2[nH]ccc12. The molecule has 0 aliphatic carbocycles. The summed E-state index contributed by atoms with van der Waals surface area (Å²) in [5, 5.41) is 1.42. The number of hydrogen-bond donors (Lipinski definition) is 2. The first-order valence-electron chi connectivity index (χ1n) is 5.00. The summed E-state index contributed by atoms with van der Waals surface area (Å²) in [6.07, 6.45) is 1.76. The summed E-state index contributed by atoms with van der Waals surface area (Å²) >= 11 is 6.02. The lowest BCUT2D eigenvalue weighted by atomic mass is 9.92. The molecule has 3 N–H and O–H groups in total. The van der Waals surface area contributed by atoms with Crippen LogP contribution in [0.5, 0.6) is 0 Å². The lowest BCUT2D eigenvalue weighted by Gasteiger charge is -2.17. The van der Waals surface area contributed by atoms with Crippen molar-refractivity contribution in [3.05, 3.63) is 35.0 Å². The number of nitrogens with two attached hydrogens (primary N) is 1. The Hall–Kier alpha value is -1.32. The smallest absolute Gasteiger partial charge is 0.182 e. The highest BCUT2D eigenvalue weighted by Crippen LogP contribution is 2.27. The summed E-state index contributed by atoms with van der Waals surface area (Å²) in [4.78, 5) is 15.1. The minimum atomic E-state index is -0.877. The third-order valence-corrected chi connectivity index (χ3v) is 2.82. The Labute approximate surface area is 98.6 Å². The lowest BCUT2D eigenvalue weighted by molar-refractivity contribution is 0.0915. The van der Waals surface area contributed by atoms with E-state index in [0.29, 0.717) is 10.6 Å². The van der Waals surface area contributed by atoms with Crippen LogP contribution in [0.2, 0.25) is 5.02 Å². The molecule has 0 atom stereocenters. The number of nitrogens with one attached hydrogen (secondary N) is 1. The lowest BCUT2D eigenvalue weighted by Crippen LogP contribution is -2.41. The van der Waals surface area contributed by atoms with E-state index in [2.05, 4.69) is 4.98 Å². The van der Waals surface area contributed by atoms with Crippen LogP contribution in [0.1, 0.15) is 24.2 Å². The van der Waals surface area contributed by atoms with Gasteiger partial charge in [-0.3, -0.25) is 4.79 Å². The second-order valence-electron chi connectivity index (χ2n) is 4.41. The summed E-state index contributed by atoms with van der Waals surface area (Å²) in [6, 6.07) is 5.26. The summed E-state index contributed by atoms with van der Waals surface area (Å²) in [7, 11) is 0. The molecule has 0 radical (unpaired) electrons. The number of fused-ring (bicyclic) bond motifs is 1. The van der Waals surface area contributed by atoms with Crippen LogP contribution in [0.25, 0.3) is 10.9 Å². The van der Waals surface area contributed by atoms with Crippen molar-refractivity contribution in [2.24, 2.45) is 5.73 Å². The minimum Gasteiger partial charge on any atom is -0.360 e. The van der Waals surface area contributed by atoms with Gasteiger partial charge in [0.25, 0.3) is 0 Å². The second kappa shape index (κ2) is 3.61. The Morgan fingerprint density at radius 2 is 2.06 bits per heavy atom. The van der Waals surface area contributed by atoms with Gasteiger partial charge in [-0.1, -0.05) is 11.6 Å². The third-order valence-electron chi connectivity index (χ3n) is 2.50. The zero-order valence-corrected chi connectivity index (χ0v) is 9.93. The Balaban J connectivity index is 2.67. The number of ketones is 1. The molecular formula is C12H13ClN2O. The maximum Gasteiger partial charge on any atom is 0.182 e. The summed E-state index contributed by atoms with van der Waals surface area (Å²) in [5.41, 5.74) is 6.32. The Morgan fingerprint density at radius 3 is 2.69 bits per heavy atom. The van der Waals surface area contributed by atoms with Crippen LogP contribution < -0.4 is 5.73 Å². The quantitative estimate of drug-likeness (QED) is 0.788. The van der Waals surface area contributed by atoms with Crippen LogP contribution in [-0.4, -0.2) is 16.3 Å². The standard InChI is InChI=1S/C12H13ClN2O/c1-12(2,14)11(16)8-3-4-9(13)10-7(8)5-6-15-10/h3-6,15H,14H2,1-2H3. The van der Waals surface area contributed by atoms with Crippen LogP contribution in [0.4, 0.5) is 0 Å². The van der Waals surface area contributed by atoms with Gasteiger partial charge in [0.05, 0.1) is 16.1 Å². The summed E-state index contributed by atoms with van der Waals surface area (Å²) in [6.45, 7) is 3.39. The van der Waals surface area contributed by atoms with Gasteiger partial charge < -0.3 is 10.7 Å². The molecule has 2 aromatic rings. The van der Waals surface area contributed by atoms with Gasteiger partial charge in [-0.05, 0) is 32.0 Å². The number of aromatic amines is 1. The fourth-order valence-electron chi connectivity index (χ4n) is 1.67. The third kappa shape index (κ3) is 1.72. The molecule has 1 aromatic carbocycles. The molecular weight excluding hydrogens is 224 g/mol. The number of hydrogen-bond acceptors (Lipinski definition) is 2. The number of Topliss-reactive ketones (excluding diaryl/α,β-unsaturated/α-hetero) is 1. The van der Waals surface area contributed by atoms with Gasteiger partial charge in [-0.2, -0.15) is 0 Å². The molecule has 3 nitrogen and oxygen atoms in total. The molecule has 0 spiro atoms. The van der Waals surface area contributed by atoms with Gasteiger partial charge in [0, 0.05) is 17.1 Å². The highest BCUT2D eigenvalue weighted by Gasteiger charge is 2.25. The van der Waals surface area contributed by atoms with Crippen LogP contribution in [-0.2, 0) is 0 Å². The fraction of sp³-hybridized carbons (Fsp3) is 0.250. The van der Waals surface area contributed by atoms with Crippen molar-refractivity contribution in [1.82, 2.24) is 4.98 Å². The largest absolute Gasteiger partial charge is 0.360 e. The zero-order chi connectivity index (χ0) is 11.9. The Bertz CT molecular complexity index is 552. The van der Waals surface area contributed by atoms with E-state index in [1.54, 1.807) is 32.2 Å². The average Bonchev–Trinajstić information content (AvgIpc) is 2.65. The molecule has 0 saturated carbocycles. The number of aromatic nitrogens is 1. The molecule has 2 rings (SSSR count). The summed E-state index contributed by atoms with van der Waals surface area (Å²) in [5.74, 6) is -0.0891. The van der Waals surface area contributed by atoms with Gasteiger partial charge in [0.1, 0.15) is 0 Å². The van der Waals surface area contributed by atoms with Crippen molar-refractivity contribution in [1.29, 1.82) is 0 Å². The van der Waals surface area contributed by atoms with Crippen LogP contribution >= 0.6 is 11.6 Å².